The van der Waals surface area contributed by atoms with Gasteiger partial charge in [-0.05, 0) is 38.3 Å². The van der Waals surface area contributed by atoms with Crippen LogP contribution in [-0.4, -0.2) is 44.3 Å². The molecule has 1 aliphatic heterocycles. The molecular formula is C14H24N2OS. The van der Waals surface area contributed by atoms with E-state index >= 15 is 0 Å². The molecule has 2 rings (SSSR count). The number of likely N-dealkylation sites (N-methyl/N-ethyl adjacent to an activating group) is 1. The average Bonchev–Trinajstić information content (AvgIpc) is 2.93. The van der Waals surface area contributed by atoms with Gasteiger partial charge in [-0.1, -0.05) is 6.07 Å². The van der Waals surface area contributed by atoms with Gasteiger partial charge in [0.25, 0.3) is 0 Å². The molecule has 1 unspecified atom stereocenters. The fourth-order valence-electron chi connectivity index (χ4n) is 2.29. The zero-order valence-electron chi connectivity index (χ0n) is 11.4. The maximum Gasteiger partial charge on any atom is 0.0480 e. The second kappa shape index (κ2) is 7.24. The highest BCUT2D eigenvalue weighted by molar-refractivity contribution is 7.10. The molecule has 1 aliphatic rings. The first kappa shape index (κ1) is 14.0. The number of rotatable bonds is 6. The van der Waals surface area contributed by atoms with E-state index in [1.54, 1.807) is 0 Å². The molecule has 4 heteroatoms. The summed E-state index contributed by atoms with van der Waals surface area (Å²) in [6, 6.07) is 5.52. The molecular weight excluding hydrogens is 244 g/mol. The molecule has 0 aromatic carbocycles. The standard InChI is InChI=1S/C14H24N2OS/c1-12(14-4-3-11-18-14)16(2)8-7-15-13-5-9-17-10-6-13/h3-4,11-13,15H,5-10H2,1-2H3. The molecule has 1 N–H and O–H groups in total. The summed E-state index contributed by atoms with van der Waals surface area (Å²) in [4.78, 5) is 3.86. The van der Waals surface area contributed by atoms with Gasteiger partial charge in [-0.25, -0.2) is 0 Å². The second-order valence-corrected chi connectivity index (χ2v) is 5.99. The van der Waals surface area contributed by atoms with Crippen molar-refractivity contribution in [1.29, 1.82) is 0 Å². The molecule has 1 fully saturated rings. The van der Waals surface area contributed by atoms with Gasteiger partial charge < -0.3 is 10.1 Å². The number of hydrogen-bond acceptors (Lipinski definition) is 4. The maximum atomic E-state index is 5.37. The van der Waals surface area contributed by atoms with Crippen molar-refractivity contribution in [3.63, 3.8) is 0 Å². The summed E-state index contributed by atoms with van der Waals surface area (Å²) in [6.07, 6.45) is 2.31. The van der Waals surface area contributed by atoms with Crippen LogP contribution in [0.4, 0.5) is 0 Å². The fraction of sp³-hybridized carbons (Fsp3) is 0.714. The Hall–Kier alpha value is -0.420. The van der Waals surface area contributed by atoms with Crippen LogP contribution < -0.4 is 5.32 Å². The lowest BCUT2D eigenvalue weighted by Crippen LogP contribution is -2.39. The van der Waals surface area contributed by atoms with Gasteiger partial charge in [-0.2, -0.15) is 0 Å². The Labute approximate surface area is 114 Å². The predicted octanol–water partition coefficient (Wildman–Crippen LogP) is 2.51. The number of hydrogen-bond donors (Lipinski definition) is 1. The lowest BCUT2D eigenvalue weighted by atomic mass is 10.1. The van der Waals surface area contributed by atoms with Gasteiger partial charge >= 0.3 is 0 Å². The second-order valence-electron chi connectivity index (χ2n) is 5.01. The molecule has 1 saturated heterocycles. The van der Waals surface area contributed by atoms with E-state index < -0.39 is 0 Å². The van der Waals surface area contributed by atoms with Crippen LogP contribution in [0.15, 0.2) is 17.5 Å². The van der Waals surface area contributed by atoms with E-state index in [1.807, 2.05) is 11.3 Å². The van der Waals surface area contributed by atoms with E-state index in [2.05, 4.69) is 41.7 Å². The van der Waals surface area contributed by atoms with Crippen LogP contribution in [0.5, 0.6) is 0 Å². The summed E-state index contributed by atoms with van der Waals surface area (Å²) in [5.41, 5.74) is 0. The first-order valence-corrected chi connectivity index (χ1v) is 7.70. The van der Waals surface area contributed by atoms with Crippen LogP contribution in [0.2, 0.25) is 0 Å². The van der Waals surface area contributed by atoms with Crippen LogP contribution in [0.1, 0.15) is 30.7 Å². The minimum atomic E-state index is 0.515. The molecule has 102 valence electrons. The molecule has 3 nitrogen and oxygen atoms in total. The van der Waals surface area contributed by atoms with Crippen molar-refractivity contribution >= 4 is 11.3 Å². The van der Waals surface area contributed by atoms with Gasteiger partial charge in [0.05, 0.1) is 0 Å². The van der Waals surface area contributed by atoms with Gasteiger partial charge in [0, 0.05) is 43.3 Å². The lowest BCUT2D eigenvalue weighted by Gasteiger charge is -2.27. The van der Waals surface area contributed by atoms with Crippen molar-refractivity contribution in [3.8, 4) is 0 Å². The third-order valence-corrected chi connectivity index (χ3v) is 4.78. The topological polar surface area (TPSA) is 24.5 Å². The summed E-state index contributed by atoms with van der Waals surface area (Å²) >= 11 is 1.84. The predicted molar refractivity (Wildman–Crippen MR) is 77.2 cm³/mol. The smallest absolute Gasteiger partial charge is 0.0480 e. The first-order valence-electron chi connectivity index (χ1n) is 6.82. The minimum Gasteiger partial charge on any atom is -0.381 e. The molecule has 18 heavy (non-hydrogen) atoms. The quantitative estimate of drug-likeness (QED) is 0.858. The molecule has 0 bridgehead atoms. The van der Waals surface area contributed by atoms with Gasteiger partial charge in [0.1, 0.15) is 0 Å². The van der Waals surface area contributed by atoms with Gasteiger partial charge in [-0.3, -0.25) is 4.90 Å². The maximum absolute atomic E-state index is 5.37. The monoisotopic (exact) mass is 268 g/mol. The van der Waals surface area contributed by atoms with E-state index in [9.17, 15) is 0 Å². The largest absolute Gasteiger partial charge is 0.381 e. The SMILES string of the molecule is CC(c1cccs1)N(C)CCNC1CCOCC1. The molecule has 2 heterocycles. The normalized spacial score (nSPS) is 19.3. The fourth-order valence-corrected chi connectivity index (χ4v) is 3.13. The Bertz CT molecular complexity index is 323. The molecule has 0 spiro atoms. The van der Waals surface area contributed by atoms with Crippen LogP contribution in [0, 0.1) is 0 Å². The lowest BCUT2D eigenvalue weighted by molar-refractivity contribution is 0.0771. The van der Waals surface area contributed by atoms with Crippen molar-refractivity contribution in [2.45, 2.75) is 31.8 Å². The van der Waals surface area contributed by atoms with Crippen molar-refractivity contribution in [2.24, 2.45) is 0 Å². The van der Waals surface area contributed by atoms with E-state index in [4.69, 9.17) is 4.74 Å². The summed E-state index contributed by atoms with van der Waals surface area (Å²) in [5.74, 6) is 0. The molecule has 1 atom stereocenters. The summed E-state index contributed by atoms with van der Waals surface area (Å²) < 4.78 is 5.37. The van der Waals surface area contributed by atoms with Crippen molar-refractivity contribution in [3.05, 3.63) is 22.4 Å². The molecule has 0 radical (unpaired) electrons. The van der Waals surface area contributed by atoms with E-state index in [-0.39, 0.29) is 0 Å². The highest BCUT2D eigenvalue weighted by atomic mass is 32.1. The highest BCUT2D eigenvalue weighted by Gasteiger charge is 2.15. The zero-order valence-corrected chi connectivity index (χ0v) is 12.2. The van der Waals surface area contributed by atoms with Crippen molar-refractivity contribution < 1.29 is 4.74 Å². The van der Waals surface area contributed by atoms with Gasteiger partial charge in [-0.15, -0.1) is 11.3 Å². The van der Waals surface area contributed by atoms with Gasteiger partial charge in [0.2, 0.25) is 0 Å². The van der Waals surface area contributed by atoms with Crippen molar-refractivity contribution in [2.75, 3.05) is 33.4 Å². The summed E-state index contributed by atoms with van der Waals surface area (Å²) in [6.45, 7) is 6.27. The zero-order chi connectivity index (χ0) is 12.8. The van der Waals surface area contributed by atoms with Crippen LogP contribution in [0.3, 0.4) is 0 Å². The molecule has 0 saturated carbocycles. The number of nitrogens with zero attached hydrogens (tertiary/aromatic N) is 1. The van der Waals surface area contributed by atoms with Crippen LogP contribution in [0.25, 0.3) is 0 Å². The average molecular weight is 268 g/mol. The summed E-state index contributed by atoms with van der Waals surface area (Å²) in [5, 5.41) is 5.79. The van der Waals surface area contributed by atoms with Crippen LogP contribution >= 0.6 is 11.3 Å². The number of nitrogens with one attached hydrogen (secondary N) is 1. The Morgan fingerprint density at radius 3 is 2.94 bits per heavy atom. The first-order chi connectivity index (χ1) is 8.77. The highest BCUT2D eigenvalue weighted by Crippen LogP contribution is 2.22. The molecule has 0 aliphatic carbocycles. The molecule has 1 aromatic rings. The van der Waals surface area contributed by atoms with Crippen molar-refractivity contribution in [1.82, 2.24) is 10.2 Å². The number of ether oxygens (including phenoxy) is 1. The third-order valence-electron chi connectivity index (χ3n) is 3.73. The summed E-state index contributed by atoms with van der Waals surface area (Å²) in [7, 11) is 2.20. The van der Waals surface area contributed by atoms with Gasteiger partial charge in [0.15, 0.2) is 0 Å². The van der Waals surface area contributed by atoms with Crippen LogP contribution in [-0.2, 0) is 4.74 Å². The molecule has 0 amide bonds. The third kappa shape index (κ3) is 4.05. The van der Waals surface area contributed by atoms with E-state index in [0.29, 0.717) is 12.1 Å². The Balaban J connectivity index is 1.66. The molecule has 1 aromatic heterocycles. The number of thiophene rings is 1. The minimum absolute atomic E-state index is 0.515. The van der Waals surface area contributed by atoms with E-state index in [0.717, 1.165) is 39.1 Å². The van der Waals surface area contributed by atoms with E-state index in [1.165, 1.54) is 4.88 Å². The Kier molecular flexibility index (Phi) is 5.63. The Morgan fingerprint density at radius 1 is 1.50 bits per heavy atom. The Morgan fingerprint density at radius 2 is 2.28 bits per heavy atom.